The van der Waals surface area contributed by atoms with Crippen LogP contribution >= 0.6 is 11.8 Å². The largest absolute Gasteiger partial charge is 0.493 e. The highest BCUT2D eigenvalue weighted by molar-refractivity contribution is 7.99. The summed E-state index contributed by atoms with van der Waals surface area (Å²) in [6, 6.07) is 9.21. The van der Waals surface area contributed by atoms with Gasteiger partial charge in [0.15, 0.2) is 18.3 Å². The molecule has 1 aromatic rings. The number of hydrogen-bond donors (Lipinski definition) is 0. The molecule has 0 spiro atoms. The van der Waals surface area contributed by atoms with Crippen LogP contribution in [0.15, 0.2) is 30.3 Å². The highest BCUT2D eigenvalue weighted by atomic mass is 32.2. The first-order valence-electron chi connectivity index (χ1n) is 10.3. The Bertz CT molecular complexity index is 815. The Balaban J connectivity index is 2.21. The third-order valence-corrected chi connectivity index (χ3v) is 5.44. The third-order valence-electron chi connectivity index (χ3n) is 4.33. The Morgan fingerprint density at radius 3 is 1.97 bits per heavy atom. The molecule has 0 aliphatic carbocycles. The lowest BCUT2D eigenvalue weighted by molar-refractivity contribution is -0.237. The van der Waals surface area contributed by atoms with Gasteiger partial charge in [-0.2, -0.15) is 0 Å². The first kappa shape index (κ1) is 26.5. The molecule has 10 nitrogen and oxygen atoms in total. The van der Waals surface area contributed by atoms with Crippen LogP contribution in [0.25, 0.3) is 0 Å². The van der Waals surface area contributed by atoms with Gasteiger partial charge >= 0.3 is 23.9 Å². The van der Waals surface area contributed by atoms with Crippen molar-refractivity contribution in [1.29, 1.82) is 0 Å². The Morgan fingerprint density at radius 2 is 1.39 bits per heavy atom. The second-order valence-electron chi connectivity index (χ2n) is 7.10. The summed E-state index contributed by atoms with van der Waals surface area (Å²) >= 11 is 1.26. The zero-order chi connectivity index (χ0) is 24.4. The lowest BCUT2D eigenvalue weighted by Crippen LogP contribution is -2.61. The molecule has 1 aliphatic heterocycles. The van der Waals surface area contributed by atoms with Crippen LogP contribution in [-0.4, -0.2) is 72.7 Å². The molecular weight excluding hydrogens is 456 g/mol. The Morgan fingerprint density at radius 1 is 0.818 bits per heavy atom. The number of esters is 4. The molecule has 5 atom stereocenters. The number of carbonyl (C=O) groups is 4. The van der Waals surface area contributed by atoms with E-state index in [1.165, 1.54) is 39.5 Å². The second-order valence-corrected chi connectivity index (χ2v) is 8.31. The van der Waals surface area contributed by atoms with Gasteiger partial charge in [-0.15, -0.1) is 11.8 Å². The third kappa shape index (κ3) is 8.93. The van der Waals surface area contributed by atoms with Crippen LogP contribution in [0.5, 0.6) is 5.75 Å². The topological polar surface area (TPSA) is 124 Å². The van der Waals surface area contributed by atoms with Crippen LogP contribution in [0.2, 0.25) is 0 Å². The highest BCUT2D eigenvalue weighted by Gasteiger charge is 2.52. The quantitative estimate of drug-likeness (QED) is 0.275. The molecule has 1 fully saturated rings. The molecule has 33 heavy (non-hydrogen) atoms. The first-order valence-corrected chi connectivity index (χ1v) is 11.3. The minimum atomic E-state index is -1.17. The summed E-state index contributed by atoms with van der Waals surface area (Å²) in [6.07, 6.45) is -4.36. The van der Waals surface area contributed by atoms with E-state index in [0.717, 1.165) is 0 Å². The molecule has 1 aliphatic rings. The fourth-order valence-electron chi connectivity index (χ4n) is 3.16. The number of thioether (sulfide) groups is 1. The van der Waals surface area contributed by atoms with E-state index in [1.807, 2.05) is 30.3 Å². The molecule has 11 heteroatoms. The smallest absolute Gasteiger partial charge is 0.303 e. The Kier molecular flexibility index (Phi) is 10.5. The zero-order valence-corrected chi connectivity index (χ0v) is 19.7. The van der Waals surface area contributed by atoms with Crippen molar-refractivity contribution in [3.63, 3.8) is 0 Å². The van der Waals surface area contributed by atoms with E-state index in [4.69, 9.17) is 28.4 Å². The van der Waals surface area contributed by atoms with Gasteiger partial charge in [-0.25, -0.2) is 0 Å². The summed E-state index contributed by atoms with van der Waals surface area (Å²) < 4.78 is 32.9. The van der Waals surface area contributed by atoms with Gasteiger partial charge in [0.1, 0.15) is 23.9 Å². The number of para-hydroxylation sites is 1. The van der Waals surface area contributed by atoms with Gasteiger partial charge in [-0.3, -0.25) is 19.2 Å². The number of ether oxygens (including phenoxy) is 6. The highest BCUT2D eigenvalue weighted by Crippen LogP contribution is 2.34. The molecule has 0 radical (unpaired) electrons. The van der Waals surface area contributed by atoms with E-state index in [1.54, 1.807) is 0 Å². The molecule has 0 amide bonds. The van der Waals surface area contributed by atoms with E-state index in [0.29, 0.717) is 18.1 Å². The summed E-state index contributed by atoms with van der Waals surface area (Å²) in [5, 5.41) is 0. The summed E-state index contributed by atoms with van der Waals surface area (Å²) in [5.74, 6) is -1.41. The van der Waals surface area contributed by atoms with Gasteiger partial charge in [0, 0.05) is 33.4 Å². The maximum atomic E-state index is 11.8. The molecule has 0 saturated carbocycles. The average Bonchev–Trinajstić information content (AvgIpc) is 2.73. The minimum absolute atomic E-state index is 0.255. The van der Waals surface area contributed by atoms with Gasteiger partial charge in [-0.05, 0) is 12.1 Å². The van der Waals surface area contributed by atoms with Gasteiger partial charge in [-0.1, -0.05) is 18.2 Å². The zero-order valence-electron chi connectivity index (χ0n) is 18.9. The van der Waals surface area contributed by atoms with Crippen LogP contribution in [-0.2, 0) is 42.9 Å². The molecule has 0 bridgehead atoms. The number of rotatable bonds is 10. The predicted octanol–water partition coefficient (Wildman–Crippen LogP) is 1.88. The van der Waals surface area contributed by atoms with Gasteiger partial charge in [0.2, 0.25) is 0 Å². The molecule has 1 saturated heterocycles. The molecule has 0 N–H and O–H groups in total. The van der Waals surface area contributed by atoms with Crippen LogP contribution in [0, 0.1) is 0 Å². The van der Waals surface area contributed by atoms with Crippen LogP contribution in [0.1, 0.15) is 27.7 Å². The molecule has 0 unspecified atom stereocenters. The first-order chi connectivity index (χ1) is 15.7. The van der Waals surface area contributed by atoms with Crippen LogP contribution in [0.4, 0.5) is 0 Å². The summed E-state index contributed by atoms with van der Waals surface area (Å²) in [6.45, 7) is 4.86. The SMILES string of the molecule is CC(=O)OC[C@@H]1O[C@H](SCCOc2ccccc2)[C@H](OC(C)=O)[C@H](OC(C)=O)[C@@H]1OC(C)=O. The summed E-state index contributed by atoms with van der Waals surface area (Å²) in [4.78, 5) is 46.7. The van der Waals surface area contributed by atoms with Crippen molar-refractivity contribution in [3.8, 4) is 5.75 Å². The Labute approximate surface area is 196 Å². The maximum Gasteiger partial charge on any atom is 0.303 e. The standard InChI is InChI=1S/C22H28O10S/c1-13(23)28-12-18-19(29-14(2)24)20(30-15(3)25)21(31-16(4)26)22(32-18)33-11-10-27-17-8-6-5-7-9-17/h5-9,18-22H,10-12H2,1-4H3/t18-,19+,20+,21+,22+/m0/s1. The van der Waals surface area contributed by atoms with Crippen LogP contribution in [0.3, 0.4) is 0 Å². The van der Waals surface area contributed by atoms with E-state index >= 15 is 0 Å². The van der Waals surface area contributed by atoms with E-state index in [9.17, 15) is 19.2 Å². The molecule has 2 rings (SSSR count). The van der Waals surface area contributed by atoms with E-state index in [-0.39, 0.29) is 6.61 Å². The molecule has 1 heterocycles. The monoisotopic (exact) mass is 484 g/mol. The van der Waals surface area contributed by atoms with Gasteiger partial charge in [0.25, 0.3) is 0 Å². The van der Waals surface area contributed by atoms with Crippen molar-refractivity contribution in [2.75, 3.05) is 19.0 Å². The van der Waals surface area contributed by atoms with Crippen molar-refractivity contribution in [2.24, 2.45) is 0 Å². The molecule has 0 aromatic heterocycles. The number of carbonyl (C=O) groups excluding carboxylic acids is 4. The van der Waals surface area contributed by atoms with Crippen molar-refractivity contribution >= 4 is 35.6 Å². The lowest BCUT2D eigenvalue weighted by atomic mass is 9.99. The minimum Gasteiger partial charge on any atom is -0.493 e. The van der Waals surface area contributed by atoms with Crippen molar-refractivity contribution < 1.29 is 47.6 Å². The van der Waals surface area contributed by atoms with Crippen molar-refractivity contribution in [2.45, 2.75) is 57.5 Å². The van der Waals surface area contributed by atoms with E-state index in [2.05, 4.69) is 0 Å². The number of benzene rings is 1. The fraction of sp³-hybridized carbons (Fsp3) is 0.545. The predicted molar refractivity (Wildman–Crippen MR) is 116 cm³/mol. The summed E-state index contributed by atoms with van der Waals surface area (Å²) in [7, 11) is 0. The molecule has 1 aromatic carbocycles. The van der Waals surface area contributed by atoms with Crippen molar-refractivity contribution in [1.82, 2.24) is 0 Å². The lowest BCUT2D eigenvalue weighted by Gasteiger charge is -2.44. The maximum absolute atomic E-state index is 11.8. The Hall–Kier alpha value is -2.79. The van der Waals surface area contributed by atoms with E-state index < -0.39 is 53.7 Å². The van der Waals surface area contributed by atoms with Crippen LogP contribution < -0.4 is 4.74 Å². The molecular formula is C22H28O10S. The second kappa shape index (κ2) is 13.0. The summed E-state index contributed by atoms with van der Waals surface area (Å²) in [5.41, 5.74) is -0.815. The number of hydrogen-bond acceptors (Lipinski definition) is 11. The molecule has 182 valence electrons. The normalized spacial score (nSPS) is 24.3. The van der Waals surface area contributed by atoms with Gasteiger partial charge < -0.3 is 28.4 Å². The van der Waals surface area contributed by atoms with Crippen molar-refractivity contribution in [3.05, 3.63) is 30.3 Å². The fourth-order valence-corrected chi connectivity index (χ4v) is 4.20. The average molecular weight is 485 g/mol. The van der Waals surface area contributed by atoms with Gasteiger partial charge in [0.05, 0.1) is 6.61 Å².